The SMILES string of the molecule is COC(=O)N[C@H](C(=O)NC[C@@H](O)CNCc1c(F)cc(-c2ncccn2)cc1F)C(C)(C)C(F)(F)F. The van der Waals surface area contributed by atoms with Crippen LogP contribution in [0.25, 0.3) is 11.4 Å². The first-order valence-corrected chi connectivity index (χ1v) is 10.6. The molecule has 0 saturated heterocycles. The first-order chi connectivity index (χ1) is 16.8. The van der Waals surface area contributed by atoms with Gasteiger partial charge in [0, 0.05) is 43.2 Å². The monoisotopic (exact) mass is 519 g/mol. The Bertz CT molecular complexity index is 1030. The fourth-order valence-corrected chi connectivity index (χ4v) is 3.02. The van der Waals surface area contributed by atoms with Gasteiger partial charge in [-0.25, -0.2) is 23.5 Å². The average molecular weight is 519 g/mol. The van der Waals surface area contributed by atoms with Gasteiger partial charge in [0.05, 0.1) is 18.6 Å². The molecule has 0 fully saturated rings. The van der Waals surface area contributed by atoms with Crippen molar-refractivity contribution >= 4 is 12.0 Å². The number of halogens is 5. The van der Waals surface area contributed by atoms with E-state index in [4.69, 9.17) is 0 Å². The van der Waals surface area contributed by atoms with Crippen LogP contribution in [-0.4, -0.2) is 65.6 Å². The molecule has 1 heterocycles. The summed E-state index contributed by atoms with van der Waals surface area (Å²) < 4.78 is 73.3. The third kappa shape index (κ3) is 7.31. The van der Waals surface area contributed by atoms with Gasteiger partial charge < -0.3 is 25.8 Å². The molecule has 9 nitrogen and oxygen atoms in total. The molecule has 0 aliphatic heterocycles. The molecule has 0 saturated carbocycles. The van der Waals surface area contributed by atoms with E-state index in [0.29, 0.717) is 0 Å². The van der Waals surface area contributed by atoms with Crippen molar-refractivity contribution in [1.82, 2.24) is 25.9 Å². The van der Waals surface area contributed by atoms with Crippen LogP contribution in [0.2, 0.25) is 0 Å². The molecule has 2 aromatic rings. The Morgan fingerprint density at radius 3 is 2.19 bits per heavy atom. The summed E-state index contributed by atoms with van der Waals surface area (Å²) in [5.74, 6) is -2.83. The Kier molecular flexibility index (Phi) is 9.64. The van der Waals surface area contributed by atoms with Crippen molar-refractivity contribution < 1.29 is 41.4 Å². The van der Waals surface area contributed by atoms with Gasteiger partial charge in [-0.1, -0.05) is 0 Å². The van der Waals surface area contributed by atoms with Gasteiger partial charge in [-0.05, 0) is 32.0 Å². The standard InChI is InChI=1S/C22H26F5N5O4/c1-21(2,22(25,26)27)17(32-20(35)36-3)19(34)31-10-13(33)9-28-11-14-15(23)7-12(8-16(14)24)18-29-5-4-6-30-18/h4-8,13,17,28,33H,9-11H2,1-3H3,(H,31,34)(H,32,35)/t13-,17+/m0/s1. The van der Waals surface area contributed by atoms with Gasteiger partial charge in [0.15, 0.2) is 5.82 Å². The van der Waals surface area contributed by atoms with Crippen LogP contribution in [-0.2, 0) is 16.1 Å². The van der Waals surface area contributed by atoms with E-state index in [9.17, 15) is 36.6 Å². The predicted molar refractivity (Wildman–Crippen MR) is 117 cm³/mol. The summed E-state index contributed by atoms with van der Waals surface area (Å²) in [6.45, 7) is 0.355. The van der Waals surface area contributed by atoms with E-state index in [1.807, 2.05) is 5.32 Å². The highest BCUT2D eigenvalue weighted by Crippen LogP contribution is 2.40. The lowest BCUT2D eigenvalue weighted by atomic mass is 9.83. The third-order valence-corrected chi connectivity index (χ3v) is 5.32. The van der Waals surface area contributed by atoms with E-state index >= 15 is 0 Å². The van der Waals surface area contributed by atoms with E-state index in [2.05, 4.69) is 25.3 Å². The van der Waals surface area contributed by atoms with Crippen LogP contribution in [0.15, 0.2) is 30.6 Å². The smallest absolute Gasteiger partial charge is 0.407 e. The van der Waals surface area contributed by atoms with Crippen molar-refractivity contribution in [1.29, 1.82) is 0 Å². The molecule has 0 radical (unpaired) electrons. The van der Waals surface area contributed by atoms with Gasteiger partial charge >= 0.3 is 12.3 Å². The molecule has 0 unspecified atom stereocenters. The van der Waals surface area contributed by atoms with Crippen LogP contribution in [0.1, 0.15) is 19.4 Å². The summed E-state index contributed by atoms with van der Waals surface area (Å²) in [5, 5.41) is 16.6. The Balaban J connectivity index is 1.95. The molecule has 2 rings (SSSR count). The molecule has 4 N–H and O–H groups in total. The minimum absolute atomic E-state index is 0.133. The third-order valence-electron chi connectivity index (χ3n) is 5.32. The van der Waals surface area contributed by atoms with E-state index in [1.165, 1.54) is 12.4 Å². The lowest BCUT2D eigenvalue weighted by Gasteiger charge is -2.35. The second kappa shape index (κ2) is 12.0. The number of alkyl carbamates (subject to hydrolysis) is 1. The Morgan fingerprint density at radius 2 is 1.67 bits per heavy atom. The molecule has 1 aromatic carbocycles. The van der Waals surface area contributed by atoms with Crippen molar-refractivity contribution in [2.24, 2.45) is 5.41 Å². The van der Waals surface area contributed by atoms with Gasteiger partial charge in [0.25, 0.3) is 0 Å². The molecular weight excluding hydrogens is 493 g/mol. The number of benzene rings is 1. The maximum atomic E-state index is 14.4. The number of alkyl halides is 3. The maximum Gasteiger partial charge on any atom is 0.407 e. The van der Waals surface area contributed by atoms with Crippen LogP contribution in [0.3, 0.4) is 0 Å². The number of amides is 2. The number of nitrogens with one attached hydrogen (secondary N) is 3. The molecule has 0 aliphatic rings. The number of hydrogen-bond donors (Lipinski definition) is 4. The molecule has 0 bridgehead atoms. The summed E-state index contributed by atoms with van der Waals surface area (Å²) in [6, 6.07) is 1.61. The van der Waals surface area contributed by atoms with E-state index in [-0.39, 0.29) is 30.0 Å². The fourth-order valence-electron chi connectivity index (χ4n) is 3.02. The first-order valence-electron chi connectivity index (χ1n) is 10.6. The van der Waals surface area contributed by atoms with Gasteiger partial charge in [-0.2, -0.15) is 13.2 Å². The summed E-state index contributed by atoms with van der Waals surface area (Å²) >= 11 is 0. The Hall–Kier alpha value is -3.39. The van der Waals surface area contributed by atoms with Crippen LogP contribution in [0.4, 0.5) is 26.7 Å². The van der Waals surface area contributed by atoms with Crippen molar-refractivity contribution in [2.75, 3.05) is 20.2 Å². The minimum Gasteiger partial charge on any atom is -0.453 e. The van der Waals surface area contributed by atoms with Crippen LogP contribution < -0.4 is 16.0 Å². The maximum absolute atomic E-state index is 14.4. The highest BCUT2D eigenvalue weighted by molar-refractivity contribution is 5.86. The van der Waals surface area contributed by atoms with Crippen molar-refractivity contribution in [2.45, 2.75) is 38.7 Å². The highest BCUT2D eigenvalue weighted by atomic mass is 19.4. The second-order valence-corrected chi connectivity index (χ2v) is 8.31. The average Bonchev–Trinajstić information content (AvgIpc) is 2.82. The summed E-state index contributed by atoms with van der Waals surface area (Å²) in [6.07, 6.45) is -4.59. The molecule has 198 valence electrons. The molecule has 1 aromatic heterocycles. The number of ether oxygens (including phenoxy) is 1. The van der Waals surface area contributed by atoms with Gasteiger partial charge in [-0.15, -0.1) is 0 Å². The van der Waals surface area contributed by atoms with Gasteiger partial charge in [-0.3, -0.25) is 4.79 Å². The van der Waals surface area contributed by atoms with E-state index < -0.39 is 53.9 Å². The number of nitrogens with zero attached hydrogens (tertiary/aromatic N) is 2. The van der Waals surface area contributed by atoms with Crippen LogP contribution >= 0.6 is 0 Å². The second-order valence-electron chi connectivity index (χ2n) is 8.31. The summed E-state index contributed by atoms with van der Waals surface area (Å²) in [5.41, 5.74) is -2.85. The van der Waals surface area contributed by atoms with Gasteiger partial charge in [0.2, 0.25) is 5.91 Å². The predicted octanol–water partition coefficient (Wildman–Crippen LogP) is 2.30. The quantitative estimate of drug-likeness (QED) is 0.355. The molecule has 0 spiro atoms. The zero-order valence-electron chi connectivity index (χ0n) is 19.6. The zero-order chi connectivity index (χ0) is 27.1. The van der Waals surface area contributed by atoms with Crippen LogP contribution in [0, 0.1) is 17.0 Å². The lowest BCUT2D eigenvalue weighted by Crippen LogP contribution is -2.60. The zero-order valence-corrected chi connectivity index (χ0v) is 19.6. The number of carbonyl (C=O) groups is 2. The number of methoxy groups -OCH3 is 1. The van der Waals surface area contributed by atoms with Crippen molar-refractivity contribution in [3.63, 3.8) is 0 Å². The number of rotatable bonds is 10. The highest BCUT2D eigenvalue weighted by Gasteiger charge is 2.55. The lowest BCUT2D eigenvalue weighted by molar-refractivity contribution is -0.220. The van der Waals surface area contributed by atoms with Crippen molar-refractivity contribution in [3.05, 3.63) is 47.8 Å². The molecule has 36 heavy (non-hydrogen) atoms. The molecule has 2 atom stereocenters. The molecule has 2 amide bonds. The normalized spacial score (nSPS) is 13.6. The molecule has 0 aliphatic carbocycles. The first kappa shape index (κ1) is 28.8. The van der Waals surface area contributed by atoms with E-state index in [0.717, 1.165) is 33.1 Å². The topological polar surface area (TPSA) is 125 Å². The summed E-state index contributed by atoms with van der Waals surface area (Å²) in [7, 11) is 0.926. The molecule has 14 heteroatoms. The number of hydrogen-bond acceptors (Lipinski definition) is 7. The number of aliphatic hydroxyl groups excluding tert-OH is 1. The Labute approximate surface area is 203 Å². The van der Waals surface area contributed by atoms with Crippen molar-refractivity contribution in [3.8, 4) is 11.4 Å². The van der Waals surface area contributed by atoms with Gasteiger partial charge in [0.1, 0.15) is 17.7 Å². The number of aliphatic hydroxyl groups is 1. The Morgan fingerprint density at radius 1 is 1.08 bits per heavy atom. The van der Waals surface area contributed by atoms with Crippen LogP contribution in [0.5, 0.6) is 0 Å². The largest absolute Gasteiger partial charge is 0.453 e. The molecular formula is C22H26F5N5O4. The minimum atomic E-state index is -4.85. The number of aromatic nitrogens is 2. The fraction of sp³-hybridized carbons (Fsp3) is 0.455. The number of carbonyl (C=O) groups excluding carboxylic acids is 2. The summed E-state index contributed by atoms with van der Waals surface area (Å²) in [4.78, 5) is 31.7. The van der Waals surface area contributed by atoms with E-state index in [1.54, 1.807) is 6.07 Å².